The molecular formula is C15H19NO2. The van der Waals surface area contributed by atoms with Crippen LogP contribution in [0.3, 0.4) is 0 Å². The summed E-state index contributed by atoms with van der Waals surface area (Å²) in [6.07, 6.45) is 0. The Morgan fingerprint density at radius 2 is 2.00 bits per heavy atom. The third-order valence-corrected chi connectivity index (χ3v) is 2.35. The minimum absolute atomic E-state index is 0.00294. The highest BCUT2D eigenvalue weighted by Gasteiger charge is 2.19. The second kappa shape index (κ2) is 6.11. The van der Waals surface area contributed by atoms with Crippen molar-refractivity contribution in [1.29, 1.82) is 0 Å². The predicted octanol–water partition coefficient (Wildman–Crippen LogP) is 2.21. The van der Waals surface area contributed by atoms with E-state index in [9.17, 15) is 4.79 Å². The lowest BCUT2D eigenvalue weighted by molar-refractivity contribution is -0.128. The number of hydrogen-bond donors (Lipinski definition) is 1. The van der Waals surface area contributed by atoms with Gasteiger partial charge in [-0.3, -0.25) is 4.79 Å². The number of ether oxygens (including phenoxy) is 1. The SMILES string of the molecule is COc1ccccc1C#CCNC(=O)C(C)(C)C. The molecule has 96 valence electrons. The summed E-state index contributed by atoms with van der Waals surface area (Å²) in [5.74, 6) is 6.64. The number of amides is 1. The van der Waals surface area contributed by atoms with Gasteiger partial charge in [-0.05, 0) is 12.1 Å². The van der Waals surface area contributed by atoms with Gasteiger partial charge >= 0.3 is 0 Å². The van der Waals surface area contributed by atoms with Crippen molar-refractivity contribution in [2.45, 2.75) is 20.8 Å². The normalized spacial score (nSPS) is 10.2. The predicted molar refractivity (Wildman–Crippen MR) is 72.3 cm³/mol. The molecule has 3 heteroatoms. The van der Waals surface area contributed by atoms with Crippen LogP contribution in [-0.4, -0.2) is 19.6 Å². The van der Waals surface area contributed by atoms with Crippen LogP contribution in [0.5, 0.6) is 5.75 Å². The lowest BCUT2D eigenvalue weighted by atomic mass is 9.96. The summed E-state index contributed by atoms with van der Waals surface area (Å²) in [5, 5.41) is 2.78. The molecule has 3 nitrogen and oxygen atoms in total. The summed E-state index contributed by atoms with van der Waals surface area (Å²) in [7, 11) is 1.61. The van der Waals surface area contributed by atoms with Crippen LogP contribution in [0.25, 0.3) is 0 Å². The smallest absolute Gasteiger partial charge is 0.226 e. The molecular weight excluding hydrogens is 226 g/mol. The van der Waals surface area contributed by atoms with Crippen LogP contribution in [0.4, 0.5) is 0 Å². The van der Waals surface area contributed by atoms with Crippen molar-refractivity contribution in [2.24, 2.45) is 5.41 Å². The first-order chi connectivity index (χ1) is 8.45. The van der Waals surface area contributed by atoms with E-state index < -0.39 is 0 Å². The van der Waals surface area contributed by atoms with Crippen molar-refractivity contribution in [3.8, 4) is 17.6 Å². The summed E-state index contributed by atoms with van der Waals surface area (Å²) in [6.45, 7) is 5.95. The van der Waals surface area contributed by atoms with Gasteiger partial charge in [0.15, 0.2) is 0 Å². The Balaban J connectivity index is 2.60. The second-order valence-electron chi connectivity index (χ2n) is 4.93. The maximum atomic E-state index is 11.6. The lowest BCUT2D eigenvalue weighted by Gasteiger charge is -2.16. The molecule has 0 aromatic heterocycles. The van der Waals surface area contributed by atoms with Gasteiger partial charge in [-0.1, -0.05) is 44.7 Å². The molecule has 0 unspecified atom stereocenters. The third-order valence-electron chi connectivity index (χ3n) is 2.35. The van der Waals surface area contributed by atoms with E-state index in [1.807, 2.05) is 45.0 Å². The molecule has 0 spiro atoms. The highest BCUT2D eigenvalue weighted by Crippen LogP contribution is 2.15. The zero-order valence-corrected chi connectivity index (χ0v) is 11.3. The monoisotopic (exact) mass is 245 g/mol. The van der Waals surface area contributed by atoms with Gasteiger partial charge in [-0.2, -0.15) is 0 Å². The molecule has 0 saturated carbocycles. The van der Waals surface area contributed by atoms with E-state index in [2.05, 4.69) is 17.2 Å². The topological polar surface area (TPSA) is 38.3 Å². The molecule has 0 atom stereocenters. The van der Waals surface area contributed by atoms with E-state index in [1.165, 1.54) is 0 Å². The van der Waals surface area contributed by atoms with Crippen LogP contribution in [0, 0.1) is 17.3 Å². The van der Waals surface area contributed by atoms with E-state index in [0.717, 1.165) is 11.3 Å². The van der Waals surface area contributed by atoms with Gasteiger partial charge in [0, 0.05) is 5.41 Å². The van der Waals surface area contributed by atoms with Gasteiger partial charge in [-0.25, -0.2) is 0 Å². The molecule has 0 aliphatic rings. The number of nitrogens with one attached hydrogen (secondary N) is 1. The average molecular weight is 245 g/mol. The number of carbonyl (C=O) groups excluding carboxylic acids is 1. The molecule has 0 aliphatic heterocycles. The quantitative estimate of drug-likeness (QED) is 0.811. The summed E-state index contributed by atoms with van der Waals surface area (Å²) < 4.78 is 5.19. The largest absolute Gasteiger partial charge is 0.495 e. The molecule has 1 amide bonds. The van der Waals surface area contributed by atoms with E-state index in [-0.39, 0.29) is 11.3 Å². The van der Waals surface area contributed by atoms with Crippen LogP contribution in [0.1, 0.15) is 26.3 Å². The number of hydrogen-bond acceptors (Lipinski definition) is 2. The zero-order valence-electron chi connectivity index (χ0n) is 11.3. The third kappa shape index (κ3) is 4.14. The first kappa shape index (κ1) is 14.1. The van der Waals surface area contributed by atoms with Crippen LogP contribution in [-0.2, 0) is 4.79 Å². The number of carbonyl (C=O) groups is 1. The van der Waals surface area contributed by atoms with Crippen LogP contribution < -0.4 is 10.1 Å². The molecule has 0 radical (unpaired) electrons. The fourth-order valence-electron chi connectivity index (χ4n) is 1.28. The number of para-hydroxylation sites is 1. The number of rotatable bonds is 2. The van der Waals surface area contributed by atoms with Gasteiger partial charge in [0.2, 0.25) is 5.91 Å². The summed E-state index contributed by atoms with van der Waals surface area (Å²) >= 11 is 0. The molecule has 0 aliphatic carbocycles. The molecule has 1 aromatic rings. The first-order valence-corrected chi connectivity index (χ1v) is 5.85. The van der Waals surface area contributed by atoms with Gasteiger partial charge in [-0.15, -0.1) is 0 Å². The van der Waals surface area contributed by atoms with Crippen molar-refractivity contribution in [1.82, 2.24) is 5.32 Å². The molecule has 1 rings (SSSR count). The maximum absolute atomic E-state index is 11.6. The van der Waals surface area contributed by atoms with Gasteiger partial charge in [0.05, 0.1) is 19.2 Å². The Hall–Kier alpha value is -1.95. The van der Waals surface area contributed by atoms with Crippen molar-refractivity contribution < 1.29 is 9.53 Å². The maximum Gasteiger partial charge on any atom is 0.226 e. The van der Waals surface area contributed by atoms with Crippen LogP contribution in [0.2, 0.25) is 0 Å². The summed E-state index contributed by atoms with van der Waals surface area (Å²) in [4.78, 5) is 11.6. The van der Waals surface area contributed by atoms with Crippen molar-refractivity contribution in [3.63, 3.8) is 0 Å². The lowest BCUT2D eigenvalue weighted by Crippen LogP contribution is -2.34. The second-order valence-corrected chi connectivity index (χ2v) is 4.93. The Morgan fingerprint density at radius 1 is 1.33 bits per heavy atom. The van der Waals surface area contributed by atoms with Crippen LogP contribution >= 0.6 is 0 Å². The van der Waals surface area contributed by atoms with E-state index in [1.54, 1.807) is 7.11 Å². The summed E-state index contributed by atoms with van der Waals surface area (Å²) in [6, 6.07) is 7.54. The van der Waals surface area contributed by atoms with E-state index in [4.69, 9.17) is 4.74 Å². The fourth-order valence-corrected chi connectivity index (χ4v) is 1.28. The minimum Gasteiger partial charge on any atom is -0.495 e. The van der Waals surface area contributed by atoms with Crippen LogP contribution in [0.15, 0.2) is 24.3 Å². The minimum atomic E-state index is -0.383. The van der Waals surface area contributed by atoms with Gasteiger partial charge < -0.3 is 10.1 Å². The standard InChI is InChI=1S/C15H19NO2/c1-15(2,3)14(17)16-11-7-9-12-8-5-6-10-13(12)18-4/h5-6,8,10H,11H2,1-4H3,(H,16,17). The number of methoxy groups -OCH3 is 1. The van der Waals surface area contributed by atoms with Gasteiger partial charge in [0.1, 0.15) is 5.75 Å². The first-order valence-electron chi connectivity index (χ1n) is 5.85. The average Bonchev–Trinajstić information content (AvgIpc) is 2.33. The van der Waals surface area contributed by atoms with Crippen molar-refractivity contribution >= 4 is 5.91 Å². The summed E-state index contributed by atoms with van der Waals surface area (Å²) in [5.41, 5.74) is 0.441. The molecule has 0 fully saturated rings. The Bertz CT molecular complexity index is 475. The zero-order chi connectivity index (χ0) is 13.6. The van der Waals surface area contributed by atoms with E-state index >= 15 is 0 Å². The van der Waals surface area contributed by atoms with Crippen molar-refractivity contribution in [2.75, 3.05) is 13.7 Å². The fraction of sp³-hybridized carbons (Fsp3) is 0.400. The van der Waals surface area contributed by atoms with Gasteiger partial charge in [0.25, 0.3) is 0 Å². The Labute approximate surface area is 109 Å². The number of benzene rings is 1. The van der Waals surface area contributed by atoms with Crippen molar-refractivity contribution in [3.05, 3.63) is 29.8 Å². The molecule has 18 heavy (non-hydrogen) atoms. The molecule has 0 heterocycles. The van der Waals surface area contributed by atoms with E-state index in [0.29, 0.717) is 6.54 Å². The molecule has 1 N–H and O–H groups in total. The Kier molecular flexibility index (Phi) is 4.79. The highest BCUT2D eigenvalue weighted by molar-refractivity contribution is 5.81. The molecule has 0 bridgehead atoms. The molecule has 0 saturated heterocycles. The molecule has 1 aromatic carbocycles. The Morgan fingerprint density at radius 3 is 2.61 bits per heavy atom. The highest BCUT2D eigenvalue weighted by atomic mass is 16.5.